The van der Waals surface area contributed by atoms with Crippen molar-refractivity contribution in [2.24, 2.45) is 5.73 Å². The molecule has 1 aromatic rings. The van der Waals surface area contributed by atoms with E-state index in [0.29, 0.717) is 12.3 Å². The Morgan fingerprint density at radius 1 is 1.52 bits per heavy atom. The molecule has 1 aliphatic rings. The van der Waals surface area contributed by atoms with E-state index < -0.39 is 15.2 Å². The quantitative estimate of drug-likeness (QED) is 0.850. The molecule has 2 atom stereocenters. The largest absolute Gasteiger partial charge is 0.329 e. The summed E-state index contributed by atoms with van der Waals surface area (Å²) in [5.74, 6) is 1.55. The summed E-state index contributed by atoms with van der Waals surface area (Å²) >= 11 is 5.28. The zero-order valence-corrected chi connectivity index (χ0v) is 15.5. The van der Waals surface area contributed by atoms with Crippen LogP contribution in [0.2, 0.25) is 0 Å². The summed E-state index contributed by atoms with van der Waals surface area (Å²) in [6.07, 6.45) is 1.31. The van der Waals surface area contributed by atoms with Gasteiger partial charge in [0.05, 0.1) is 0 Å². The van der Waals surface area contributed by atoms with Crippen LogP contribution in [0.5, 0.6) is 0 Å². The van der Waals surface area contributed by atoms with Crippen molar-refractivity contribution in [2.45, 2.75) is 18.3 Å². The van der Waals surface area contributed by atoms with Crippen LogP contribution < -0.4 is 5.73 Å². The Morgan fingerprint density at radius 2 is 2.24 bits per heavy atom. The third kappa shape index (κ3) is 4.01. The molecule has 21 heavy (non-hydrogen) atoms. The molecule has 1 heterocycles. The van der Waals surface area contributed by atoms with Gasteiger partial charge in [0.15, 0.2) is 9.84 Å². The second kappa shape index (κ2) is 7.00. The predicted molar refractivity (Wildman–Crippen MR) is 93.3 cm³/mol. The van der Waals surface area contributed by atoms with Crippen LogP contribution in [0.3, 0.4) is 0 Å². The first-order valence-corrected chi connectivity index (χ1v) is 10.7. The highest BCUT2D eigenvalue weighted by molar-refractivity contribution is 9.10. The highest BCUT2D eigenvalue weighted by atomic mass is 79.9. The average molecular weight is 393 g/mol. The van der Waals surface area contributed by atoms with E-state index in [0.717, 1.165) is 27.9 Å². The van der Waals surface area contributed by atoms with Crippen molar-refractivity contribution in [3.05, 3.63) is 33.8 Å². The molecule has 7 heteroatoms. The Balaban J connectivity index is 2.38. The lowest BCUT2D eigenvalue weighted by molar-refractivity contribution is 0.197. The number of aryl methyl sites for hydroxylation is 1. The Kier molecular flexibility index (Phi) is 5.76. The first kappa shape index (κ1) is 17.3. The van der Waals surface area contributed by atoms with Gasteiger partial charge in [0.2, 0.25) is 0 Å². The molecule has 1 fully saturated rings. The number of hydrogen-bond donors (Lipinski definition) is 1. The highest BCUT2D eigenvalue weighted by Crippen LogP contribution is 2.33. The van der Waals surface area contributed by atoms with E-state index >= 15 is 0 Å². The molecule has 2 unspecified atom stereocenters. The molecule has 0 spiro atoms. The number of nitrogens with two attached hydrogens (primary N) is 1. The minimum absolute atomic E-state index is 0.0828. The van der Waals surface area contributed by atoms with E-state index in [-0.39, 0.29) is 6.04 Å². The maximum absolute atomic E-state index is 12.1. The maximum atomic E-state index is 12.1. The third-order valence-corrected chi connectivity index (χ3v) is 7.10. The van der Waals surface area contributed by atoms with Crippen molar-refractivity contribution < 1.29 is 8.42 Å². The van der Waals surface area contributed by atoms with Crippen LogP contribution in [0.15, 0.2) is 22.7 Å². The summed E-state index contributed by atoms with van der Waals surface area (Å²) < 4.78 is 25.1. The lowest BCUT2D eigenvalue weighted by atomic mass is 10.0. The fourth-order valence-corrected chi connectivity index (χ4v) is 6.34. The van der Waals surface area contributed by atoms with E-state index in [2.05, 4.69) is 15.9 Å². The van der Waals surface area contributed by atoms with Crippen LogP contribution in [0.1, 0.15) is 17.2 Å². The first-order valence-electron chi connectivity index (χ1n) is 6.83. The van der Waals surface area contributed by atoms with Crippen LogP contribution in [0, 0.1) is 6.92 Å². The SMILES string of the molecule is Cc1ccc(C(CN)N2CCSCC2S(C)(=O)=O)c(Br)c1. The van der Waals surface area contributed by atoms with E-state index in [1.165, 1.54) is 6.26 Å². The van der Waals surface area contributed by atoms with Gasteiger partial charge in [0.1, 0.15) is 5.37 Å². The number of thioether (sulfide) groups is 1. The fourth-order valence-electron chi connectivity index (χ4n) is 2.66. The molecule has 2 N–H and O–H groups in total. The summed E-state index contributed by atoms with van der Waals surface area (Å²) in [5, 5.41) is -0.460. The molecule has 2 rings (SSSR count). The van der Waals surface area contributed by atoms with Gasteiger partial charge >= 0.3 is 0 Å². The Hall–Kier alpha value is -0.0800. The number of rotatable bonds is 4. The topological polar surface area (TPSA) is 63.4 Å². The maximum Gasteiger partial charge on any atom is 0.164 e. The molecule has 0 aromatic heterocycles. The number of nitrogens with zero attached hydrogens (tertiary/aromatic N) is 1. The van der Waals surface area contributed by atoms with Gasteiger partial charge in [0, 0.05) is 41.4 Å². The Labute approximate surface area is 139 Å². The minimum Gasteiger partial charge on any atom is -0.329 e. The molecule has 0 aliphatic carbocycles. The molecular formula is C14H21BrN2O2S2. The van der Waals surface area contributed by atoms with Crippen LogP contribution in [0.4, 0.5) is 0 Å². The summed E-state index contributed by atoms with van der Waals surface area (Å²) in [4.78, 5) is 2.04. The Morgan fingerprint density at radius 3 is 2.81 bits per heavy atom. The molecule has 0 amide bonds. The summed E-state index contributed by atoms with van der Waals surface area (Å²) in [6, 6.07) is 6.04. The van der Waals surface area contributed by atoms with Crippen LogP contribution >= 0.6 is 27.7 Å². The van der Waals surface area contributed by atoms with Gasteiger partial charge in [0.25, 0.3) is 0 Å². The van der Waals surface area contributed by atoms with Crippen LogP contribution in [0.25, 0.3) is 0 Å². The molecule has 0 bridgehead atoms. The fraction of sp³-hybridized carbons (Fsp3) is 0.571. The third-order valence-electron chi connectivity index (χ3n) is 3.76. The van der Waals surface area contributed by atoms with Crippen LogP contribution in [-0.4, -0.2) is 49.5 Å². The van der Waals surface area contributed by atoms with Crippen LogP contribution in [-0.2, 0) is 9.84 Å². The van der Waals surface area contributed by atoms with Crippen molar-refractivity contribution in [1.29, 1.82) is 0 Å². The lowest BCUT2D eigenvalue weighted by Gasteiger charge is -2.40. The molecular weight excluding hydrogens is 372 g/mol. The molecule has 1 aliphatic heterocycles. The van der Waals surface area contributed by atoms with Gasteiger partial charge < -0.3 is 5.73 Å². The zero-order valence-electron chi connectivity index (χ0n) is 12.3. The summed E-state index contributed by atoms with van der Waals surface area (Å²) in [6.45, 7) is 3.17. The summed E-state index contributed by atoms with van der Waals surface area (Å²) in [5.41, 5.74) is 8.21. The van der Waals surface area contributed by atoms with E-state index in [4.69, 9.17) is 5.73 Å². The summed E-state index contributed by atoms with van der Waals surface area (Å²) in [7, 11) is -3.12. The van der Waals surface area contributed by atoms with Crippen molar-refractivity contribution in [1.82, 2.24) is 4.90 Å². The van der Waals surface area contributed by atoms with E-state index in [9.17, 15) is 8.42 Å². The van der Waals surface area contributed by atoms with Gasteiger partial charge in [-0.05, 0) is 24.1 Å². The van der Waals surface area contributed by atoms with Crippen molar-refractivity contribution in [3.8, 4) is 0 Å². The van der Waals surface area contributed by atoms with Crippen molar-refractivity contribution in [2.75, 3.05) is 30.9 Å². The molecule has 1 saturated heterocycles. The standard InChI is InChI=1S/C14H21BrN2O2S2/c1-10-3-4-11(12(15)7-10)13(8-16)17-5-6-20-9-14(17)21(2,18)19/h3-4,7,13-14H,5-6,8-9,16H2,1-2H3. The van der Waals surface area contributed by atoms with E-state index in [1.807, 2.05) is 30.0 Å². The second-order valence-electron chi connectivity index (χ2n) is 5.37. The molecule has 4 nitrogen and oxygen atoms in total. The van der Waals surface area contributed by atoms with Gasteiger partial charge in [-0.1, -0.05) is 28.1 Å². The van der Waals surface area contributed by atoms with E-state index in [1.54, 1.807) is 11.8 Å². The van der Waals surface area contributed by atoms with Gasteiger partial charge in [-0.3, -0.25) is 4.90 Å². The molecule has 1 aromatic carbocycles. The number of hydrogen-bond acceptors (Lipinski definition) is 5. The zero-order chi connectivity index (χ0) is 15.6. The highest BCUT2D eigenvalue weighted by Gasteiger charge is 2.36. The normalized spacial score (nSPS) is 22.2. The molecule has 118 valence electrons. The smallest absolute Gasteiger partial charge is 0.164 e. The van der Waals surface area contributed by atoms with Gasteiger partial charge in [-0.2, -0.15) is 11.8 Å². The molecule has 0 radical (unpaired) electrons. The van der Waals surface area contributed by atoms with Crippen molar-refractivity contribution >= 4 is 37.5 Å². The molecule has 0 saturated carbocycles. The number of halogens is 1. The average Bonchev–Trinajstić information content (AvgIpc) is 2.41. The predicted octanol–water partition coefficient (Wildman–Crippen LogP) is 2.18. The number of sulfone groups is 1. The first-order chi connectivity index (χ1) is 9.84. The lowest BCUT2D eigenvalue weighted by Crippen LogP contribution is -2.50. The number of benzene rings is 1. The Bertz CT molecular complexity index is 607. The minimum atomic E-state index is -3.12. The van der Waals surface area contributed by atoms with Crippen molar-refractivity contribution in [3.63, 3.8) is 0 Å². The second-order valence-corrected chi connectivity index (χ2v) is 9.58. The monoisotopic (exact) mass is 392 g/mol. The van der Waals surface area contributed by atoms with Gasteiger partial charge in [-0.25, -0.2) is 8.42 Å². The van der Waals surface area contributed by atoms with Gasteiger partial charge in [-0.15, -0.1) is 0 Å².